The Hall–Kier alpha value is -2.04. The number of carbonyl (C=O) groups is 2. The molecule has 5 heteroatoms. The minimum Gasteiger partial charge on any atom is -0.490 e. The average molecular weight is 356 g/mol. The van der Waals surface area contributed by atoms with Crippen LogP contribution < -0.4 is 4.74 Å². The molecule has 1 unspecified atom stereocenters. The highest BCUT2D eigenvalue weighted by atomic mass is 16.5. The van der Waals surface area contributed by atoms with E-state index in [0.717, 1.165) is 63.9 Å². The largest absolute Gasteiger partial charge is 0.490 e. The Morgan fingerprint density at radius 2 is 1.50 bits per heavy atom. The van der Waals surface area contributed by atoms with Crippen molar-refractivity contribution < 1.29 is 14.3 Å². The second-order valence-electron chi connectivity index (χ2n) is 7.85. The Morgan fingerprint density at radius 1 is 0.808 bits per heavy atom. The molecule has 1 aliphatic carbocycles. The van der Waals surface area contributed by atoms with Gasteiger partial charge in [-0.3, -0.25) is 9.59 Å². The molecule has 2 heterocycles. The van der Waals surface area contributed by atoms with Crippen LogP contribution in [0.5, 0.6) is 5.75 Å². The first kappa shape index (κ1) is 17.4. The van der Waals surface area contributed by atoms with Gasteiger partial charge in [0.05, 0.1) is 5.92 Å². The number of nitrogens with zero attached hydrogens (tertiary/aromatic N) is 2. The smallest absolute Gasteiger partial charge is 0.227 e. The van der Waals surface area contributed by atoms with Crippen LogP contribution in [0.4, 0.5) is 0 Å². The molecule has 0 bridgehead atoms. The second-order valence-corrected chi connectivity index (χ2v) is 7.85. The molecule has 1 aromatic rings. The maximum Gasteiger partial charge on any atom is 0.227 e. The lowest BCUT2D eigenvalue weighted by molar-refractivity contribution is -0.142. The Bertz CT molecular complexity index is 636. The minimum atomic E-state index is -0.0157. The zero-order valence-electron chi connectivity index (χ0n) is 15.3. The molecule has 4 rings (SSSR count). The van der Waals surface area contributed by atoms with Crippen molar-refractivity contribution in [3.05, 3.63) is 30.3 Å². The van der Waals surface area contributed by atoms with Gasteiger partial charge in [0.1, 0.15) is 11.9 Å². The molecular formula is C21H28N2O3. The fraction of sp³-hybridized carbons (Fsp3) is 0.619. The monoisotopic (exact) mass is 356 g/mol. The average Bonchev–Trinajstić information content (AvgIpc) is 3.54. The number of carbonyl (C=O) groups excluding carboxylic acids is 2. The third-order valence-electron chi connectivity index (χ3n) is 5.81. The molecule has 5 nitrogen and oxygen atoms in total. The zero-order valence-corrected chi connectivity index (χ0v) is 15.3. The van der Waals surface area contributed by atoms with E-state index in [-0.39, 0.29) is 29.8 Å². The van der Waals surface area contributed by atoms with Crippen molar-refractivity contribution in [1.29, 1.82) is 0 Å². The molecule has 3 fully saturated rings. The number of benzene rings is 1. The molecule has 1 aromatic carbocycles. The van der Waals surface area contributed by atoms with E-state index in [1.807, 2.05) is 40.1 Å². The van der Waals surface area contributed by atoms with Gasteiger partial charge in [-0.05, 0) is 37.8 Å². The van der Waals surface area contributed by atoms with Gasteiger partial charge in [0.25, 0.3) is 0 Å². The normalized spacial score (nSPS) is 24.4. The molecule has 0 spiro atoms. The van der Waals surface area contributed by atoms with E-state index >= 15 is 0 Å². The summed E-state index contributed by atoms with van der Waals surface area (Å²) >= 11 is 0. The number of likely N-dealkylation sites (tertiary alicyclic amines) is 2. The summed E-state index contributed by atoms with van der Waals surface area (Å²) in [6.45, 7) is 2.95. The van der Waals surface area contributed by atoms with E-state index < -0.39 is 0 Å². The number of hydrogen-bond acceptors (Lipinski definition) is 3. The second kappa shape index (κ2) is 7.68. The minimum absolute atomic E-state index is 0.0157. The molecule has 2 amide bonds. The third-order valence-corrected chi connectivity index (χ3v) is 5.81. The summed E-state index contributed by atoms with van der Waals surface area (Å²) < 4.78 is 6.02. The molecule has 3 aliphatic rings. The van der Waals surface area contributed by atoms with Gasteiger partial charge in [0.15, 0.2) is 0 Å². The fourth-order valence-electron chi connectivity index (χ4n) is 4.11. The van der Waals surface area contributed by atoms with Crippen LogP contribution in [0.3, 0.4) is 0 Å². The lowest BCUT2D eigenvalue weighted by Gasteiger charge is -2.38. The van der Waals surface area contributed by atoms with Gasteiger partial charge in [0, 0.05) is 44.9 Å². The van der Waals surface area contributed by atoms with Gasteiger partial charge in [-0.2, -0.15) is 0 Å². The Labute approximate surface area is 155 Å². The summed E-state index contributed by atoms with van der Waals surface area (Å²) in [7, 11) is 0. The van der Waals surface area contributed by atoms with Gasteiger partial charge in [0.2, 0.25) is 11.8 Å². The van der Waals surface area contributed by atoms with Crippen LogP contribution in [0.1, 0.15) is 38.5 Å². The number of rotatable bonds is 4. The summed E-state index contributed by atoms with van der Waals surface area (Å²) in [6, 6.07) is 9.89. The van der Waals surface area contributed by atoms with E-state index in [2.05, 4.69) is 0 Å². The first-order valence-electron chi connectivity index (χ1n) is 10.00. The van der Waals surface area contributed by atoms with Crippen LogP contribution in [0.2, 0.25) is 0 Å². The summed E-state index contributed by atoms with van der Waals surface area (Å²) in [4.78, 5) is 29.2. The van der Waals surface area contributed by atoms with Crippen LogP contribution in [-0.2, 0) is 9.59 Å². The summed E-state index contributed by atoms with van der Waals surface area (Å²) in [5.74, 6) is 1.64. The molecule has 2 aliphatic heterocycles. The third kappa shape index (κ3) is 4.02. The van der Waals surface area contributed by atoms with Gasteiger partial charge in [-0.15, -0.1) is 0 Å². The van der Waals surface area contributed by atoms with Gasteiger partial charge in [-0.1, -0.05) is 18.2 Å². The molecule has 140 valence electrons. The topological polar surface area (TPSA) is 49.9 Å². The van der Waals surface area contributed by atoms with E-state index in [0.29, 0.717) is 6.54 Å². The van der Waals surface area contributed by atoms with Crippen molar-refractivity contribution in [3.63, 3.8) is 0 Å². The van der Waals surface area contributed by atoms with Crippen molar-refractivity contribution in [2.24, 2.45) is 11.8 Å². The van der Waals surface area contributed by atoms with E-state index in [9.17, 15) is 9.59 Å². The highest BCUT2D eigenvalue weighted by molar-refractivity contribution is 5.83. The maximum absolute atomic E-state index is 12.9. The predicted molar refractivity (Wildman–Crippen MR) is 98.7 cm³/mol. The zero-order chi connectivity index (χ0) is 17.9. The number of hydrogen-bond donors (Lipinski definition) is 0. The first-order chi connectivity index (χ1) is 12.7. The van der Waals surface area contributed by atoms with E-state index in [1.54, 1.807) is 0 Å². The molecular weight excluding hydrogens is 328 g/mol. The van der Waals surface area contributed by atoms with Crippen molar-refractivity contribution in [2.75, 3.05) is 26.2 Å². The summed E-state index contributed by atoms with van der Waals surface area (Å²) in [6.07, 6.45) is 5.85. The predicted octanol–water partition coefficient (Wildman–Crippen LogP) is 2.71. The van der Waals surface area contributed by atoms with Crippen LogP contribution in [0, 0.1) is 11.8 Å². The molecule has 0 radical (unpaired) electrons. The standard InChI is InChI=1S/C21H28N2O3/c24-20(16-8-9-16)23-12-4-5-17(15-23)21(25)22-13-10-19(11-14-22)26-18-6-2-1-3-7-18/h1-3,6-7,16-17,19H,4-5,8-15H2. The fourth-order valence-corrected chi connectivity index (χ4v) is 4.11. The quantitative estimate of drug-likeness (QED) is 0.833. The SMILES string of the molecule is O=C(C1CCCN(C(=O)C2CC2)C1)N1CCC(Oc2ccccc2)CC1. The summed E-state index contributed by atoms with van der Waals surface area (Å²) in [5.41, 5.74) is 0. The van der Waals surface area contributed by atoms with Crippen LogP contribution in [0.25, 0.3) is 0 Å². The Balaban J connectivity index is 1.27. The number of piperidine rings is 2. The number of amides is 2. The van der Waals surface area contributed by atoms with Crippen LogP contribution in [0.15, 0.2) is 30.3 Å². The first-order valence-corrected chi connectivity index (χ1v) is 10.00. The van der Waals surface area contributed by atoms with Crippen molar-refractivity contribution in [2.45, 2.75) is 44.6 Å². The highest BCUT2D eigenvalue weighted by Crippen LogP contribution is 2.33. The summed E-state index contributed by atoms with van der Waals surface area (Å²) in [5, 5.41) is 0. The molecule has 1 saturated carbocycles. The Kier molecular flexibility index (Phi) is 5.14. The number of ether oxygens (including phenoxy) is 1. The van der Waals surface area contributed by atoms with Crippen molar-refractivity contribution in [1.82, 2.24) is 9.80 Å². The highest BCUT2D eigenvalue weighted by Gasteiger charge is 2.38. The molecule has 26 heavy (non-hydrogen) atoms. The van der Waals surface area contributed by atoms with E-state index in [4.69, 9.17) is 4.74 Å². The van der Waals surface area contributed by atoms with Crippen molar-refractivity contribution >= 4 is 11.8 Å². The van der Waals surface area contributed by atoms with Gasteiger partial charge < -0.3 is 14.5 Å². The Morgan fingerprint density at radius 3 is 2.19 bits per heavy atom. The maximum atomic E-state index is 12.9. The lowest BCUT2D eigenvalue weighted by atomic mass is 9.95. The molecule has 0 N–H and O–H groups in total. The van der Waals surface area contributed by atoms with Gasteiger partial charge in [-0.25, -0.2) is 0 Å². The van der Waals surface area contributed by atoms with Crippen molar-refractivity contribution in [3.8, 4) is 5.75 Å². The van der Waals surface area contributed by atoms with E-state index in [1.165, 1.54) is 0 Å². The molecule has 0 aromatic heterocycles. The van der Waals surface area contributed by atoms with Crippen LogP contribution in [-0.4, -0.2) is 53.9 Å². The molecule has 1 atom stereocenters. The van der Waals surface area contributed by atoms with Gasteiger partial charge >= 0.3 is 0 Å². The number of para-hydroxylation sites is 1. The molecule has 2 saturated heterocycles. The van der Waals surface area contributed by atoms with Crippen LogP contribution >= 0.6 is 0 Å². The lowest BCUT2D eigenvalue weighted by Crippen LogP contribution is -2.49.